The molecule has 0 spiro atoms. The zero-order valence-electron chi connectivity index (χ0n) is 19.5. The molecule has 5 heterocycles. The Labute approximate surface area is 211 Å². The SMILES string of the molecule is N#Cc1ccc(Oc2ccc(NC(=O)c3ccc(CN4C(=O)C5C6CCC(O6)C5C4=O)nc3)cn2)cc1. The van der Waals surface area contributed by atoms with Crippen molar-refractivity contribution in [2.45, 2.75) is 31.6 Å². The van der Waals surface area contributed by atoms with Crippen LogP contribution in [0.4, 0.5) is 5.69 Å². The van der Waals surface area contributed by atoms with Crippen molar-refractivity contribution in [3.63, 3.8) is 0 Å². The Kier molecular flexibility index (Phi) is 5.62. The molecule has 3 saturated heterocycles. The molecule has 6 rings (SSSR count). The van der Waals surface area contributed by atoms with Crippen molar-refractivity contribution in [1.29, 1.82) is 5.26 Å². The second-order valence-corrected chi connectivity index (χ2v) is 9.22. The number of hydrogen-bond acceptors (Lipinski definition) is 8. The summed E-state index contributed by atoms with van der Waals surface area (Å²) in [5.74, 6) is -0.621. The maximum absolute atomic E-state index is 12.8. The summed E-state index contributed by atoms with van der Waals surface area (Å²) in [6, 6.07) is 15.2. The van der Waals surface area contributed by atoms with E-state index < -0.39 is 0 Å². The van der Waals surface area contributed by atoms with Gasteiger partial charge in [-0.1, -0.05) is 0 Å². The number of imide groups is 1. The number of nitriles is 1. The van der Waals surface area contributed by atoms with Gasteiger partial charge < -0.3 is 14.8 Å². The molecule has 1 aromatic carbocycles. The quantitative estimate of drug-likeness (QED) is 0.516. The predicted molar refractivity (Wildman–Crippen MR) is 128 cm³/mol. The highest BCUT2D eigenvalue weighted by Crippen LogP contribution is 2.48. The minimum atomic E-state index is -0.377. The molecule has 3 aliphatic rings. The van der Waals surface area contributed by atoms with E-state index in [1.165, 1.54) is 17.3 Å². The molecule has 3 aromatic rings. The molecule has 3 aliphatic heterocycles. The van der Waals surface area contributed by atoms with E-state index in [0.29, 0.717) is 34.1 Å². The first-order chi connectivity index (χ1) is 18.0. The number of aromatic nitrogens is 2. The molecular formula is C27H21N5O5. The van der Waals surface area contributed by atoms with Gasteiger partial charge in [0.2, 0.25) is 17.7 Å². The van der Waals surface area contributed by atoms with E-state index in [1.807, 2.05) is 6.07 Å². The number of likely N-dealkylation sites (tertiary alicyclic amines) is 1. The van der Waals surface area contributed by atoms with E-state index in [-0.39, 0.29) is 48.3 Å². The number of fused-ring (bicyclic) bond motifs is 5. The van der Waals surface area contributed by atoms with Gasteiger partial charge in [-0.25, -0.2) is 4.98 Å². The Bertz CT molecular complexity index is 1390. The second kappa shape index (κ2) is 9.11. The normalized spacial score (nSPS) is 23.6. The highest BCUT2D eigenvalue weighted by molar-refractivity contribution is 6.06. The summed E-state index contributed by atoms with van der Waals surface area (Å²) >= 11 is 0. The van der Waals surface area contributed by atoms with Gasteiger partial charge in [0, 0.05) is 12.3 Å². The number of hydrogen-bond donors (Lipinski definition) is 1. The first kappa shape index (κ1) is 22.8. The van der Waals surface area contributed by atoms with Crippen LogP contribution >= 0.6 is 0 Å². The Morgan fingerprint density at radius 2 is 1.73 bits per heavy atom. The minimum absolute atomic E-state index is 0.0800. The number of carbonyl (C=O) groups is 3. The van der Waals surface area contributed by atoms with E-state index in [9.17, 15) is 14.4 Å². The fourth-order valence-corrected chi connectivity index (χ4v) is 5.18. The number of amides is 3. The van der Waals surface area contributed by atoms with Gasteiger partial charge in [-0.15, -0.1) is 0 Å². The van der Waals surface area contributed by atoms with Crippen molar-refractivity contribution in [3.8, 4) is 17.7 Å². The number of ether oxygens (including phenoxy) is 2. The van der Waals surface area contributed by atoms with E-state index in [2.05, 4.69) is 15.3 Å². The average molecular weight is 495 g/mol. The largest absolute Gasteiger partial charge is 0.439 e. The molecule has 2 aromatic heterocycles. The molecule has 1 N–H and O–H groups in total. The van der Waals surface area contributed by atoms with E-state index in [0.717, 1.165) is 12.8 Å². The Hall–Kier alpha value is -4.62. The van der Waals surface area contributed by atoms with Gasteiger partial charge in [0.15, 0.2) is 0 Å². The number of pyridine rings is 2. The first-order valence-corrected chi connectivity index (χ1v) is 11.9. The summed E-state index contributed by atoms with van der Waals surface area (Å²) in [5.41, 5.74) is 1.85. The number of nitrogens with zero attached hydrogens (tertiary/aromatic N) is 4. The summed E-state index contributed by atoms with van der Waals surface area (Å²) in [7, 11) is 0. The Balaban J connectivity index is 1.06. The number of rotatable bonds is 6. The molecule has 4 unspecified atom stereocenters. The zero-order chi connectivity index (χ0) is 25.5. The number of benzene rings is 1. The fourth-order valence-electron chi connectivity index (χ4n) is 5.18. The summed E-state index contributed by atoms with van der Waals surface area (Å²) in [4.78, 5) is 48.1. The topological polar surface area (TPSA) is 135 Å². The van der Waals surface area contributed by atoms with Gasteiger partial charge >= 0.3 is 0 Å². The minimum Gasteiger partial charge on any atom is -0.439 e. The van der Waals surface area contributed by atoms with Crippen LogP contribution in [0.5, 0.6) is 11.6 Å². The van der Waals surface area contributed by atoms with Crippen LogP contribution in [-0.4, -0.2) is 44.8 Å². The highest BCUT2D eigenvalue weighted by Gasteiger charge is 2.62. The van der Waals surface area contributed by atoms with Gasteiger partial charge in [-0.2, -0.15) is 5.26 Å². The van der Waals surface area contributed by atoms with Crippen LogP contribution in [0.25, 0.3) is 0 Å². The lowest BCUT2D eigenvalue weighted by Gasteiger charge is -2.17. The first-order valence-electron chi connectivity index (χ1n) is 11.9. The molecule has 0 saturated carbocycles. The lowest BCUT2D eigenvalue weighted by molar-refractivity contribution is -0.143. The number of anilines is 1. The molecule has 184 valence electrons. The third-order valence-electron chi connectivity index (χ3n) is 6.98. The van der Waals surface area contributed by atoms with Crippen LogP contribution in [0, 0.1) is 23.2 Å². The molecule has 0 radical (unpaired) electrons. The molecule has 2 bridgehead atoms. The van der Waals surface area contributed by atoms with E-state index in [4.69, 9.17) is 14.7 Å². The summed E-state index contributed by atoms with van der Waals surface area (Å²) < 4.78 is 11.4. The van der Waals surface area contributed by atoms with Crippen molar-refractivity contribution in [2.75, 3.05) is 5.32 Å². The van der Waals surface area contributed by atoms with Crippen molar-refractivity contribution >= 4 is 23.4 Å². The lowest BCUT2D eigenvalue weighted by Crippen LogP contribution is -2.34. The van der Waals surface area contributed by atoms with Gasteiger partial charge in [0.25, 0.3) is 5.91 Å². The molecule has 10 heteroatoms. The van der Waals surface area contributed by atoms with E-state index in [1.54, 1.807) is 48.5 Å². The molecule has 37 heavy (non-hydrogen) atoms. The van der Waals surface area contributed by atoms with Crippen LogP contribution in [0.1, 0.15) is 34.5 Å². The third kappa shape index (κ3) is 4.19. The van der Waals surface area contributed by atoms with Gasteiger partial charge in [0.1, 0.15) is 5.75 Å². The molecule has 4 atom stereocenters. The van der Waals surface area contributed by atoms with Gasteiger partial charge in [0.05, 0.1) is 65.4 Å². The van der Waals surface area contributed by atoms with Crippen LogP contribution in [0.15, 0.2) is 60.9 Å². The molecule has 10 nitrogen and oxygen atoms in total. The standard InChI is InChI=1S/C27H21N5O5/c28-11-15-1-6-19(7-2-15)36-22-10-5-17(13-30-22)31-25(33)16-3-4-18(29-12-16)14-32-26(34)23-20-8-9-21(37-20)24(23)27(32)35/h1-7,10,12-13,20-21,23-24H,8-9,14H2,(H,31,33). The van der Waals surface area contributed by atoms with Gasteiger partial charge in [-0.3, -0.25) is 24.3 Å². The zero-order valence-corrected chi connectivity index (χ0v) is 19.5. The van der Waals surface area contributed by atoms with Crippen LogP contribution in [0.3, 0.4) is 0 Å². The smallest absolute Gasteiger partial charge is 0.257 e. The van der Waals surface area contributed by atoms with Crippen LogP contribution in [-0.2, 0) is 20.9 Å². The number of nitrogens with one attached hydrogen (secondary N) is 1. The maximum Gasteiger partial charge on any atom is 0.257 e. The van der Waals surface area contributed by atoms with Gasteiger partial charge in [-0.05, 0) is 55.3 Å². The van der Waals surface area contributed by atoms with E-state index >= 15 is 0 Å². The molecular weight excluding hydrogens is 474 g/mol. The Morgan fingerprint density at radius 3 is 2.32 bits per heavy atom. The monoisotopic (exact) mass is 495 g/mol. The lowest BCUT2D eigenvalue weighted by atomic mass is 9.81. The summed E-state index contributed by atoms with van der Waals surface area (Å²) in [6.07, 6.45) is 4.23. The second-order valence-electron chi connectivity index (χ2n) is 9.22. The van der Waals surface area contributed by atoms with Crippen molar-refractivity contribution in [2.24, 2.45) is 11.8 Å². The van der Waals surface area contributed by atoms with Crippen molar-refractivity contribution < 1.29 is 23.9 Å². The van der Waals surface area contributed by atoms with Crippen LogP contribution < -0.4 is 10.1 Å². The third-order valence-corrected chi connectivity index (χ3v) is 6.98. The molecule has 0 aliphatic carbocycles. The summed E-state index contributed by atoms with van der Waals surface area (Å²) in [6.45, 7) is 0.0800. The Morgan fingerprint density at radius 1 is 1.00 bits per heavy atom. The van der Waals surface area contributed by atoms with Crippen molar-refractivity contribution in [1.82, 2.24) is 14.9 Å². The fraction of sp³-hybridized carbons (Fsp3) is 0.259. The maximum atomic E-state index is 12.8. The average Bonchev–Trinajstić information content (AvgIpc) is 3.61. The molecule has 3 fully saturated rings. The predicted octanol–water partition coefficient (Wildman–Crippen LogP) is 3.06. The summed E-state index contributed by atoms with van der Waals surface area (Å²) in [5, 5.41) is 11.6. The number of carbonyl (C=O) groups excluding carboxylic acids is 3. The van der Waals surface area contributed by atoms with Crippen LogP contribution in [0.2, 0.25) is 0 Å². The highest BCUT2D eigenvalue weighted by atomic mass is 16.5. The van der Waals surface area contributed by atoms with Crippen molar-refractivity contribution in [3.05, 3.63) is 77.7 Å². The molecule has 3 amide bonds.